The molecule has 2 aromatic rings. The van der Waals surface area contributed by atoms with Crippen LogP contribution in [0.2, 0.25) is 0 Å². The quantitative estimate of drug-likeness (QED) is 0.535. The molecule has 0 aliphatic carbocycles. The molecule has 3 heterocycles. The van der Waals surface area contributed by atoms with Gasteiger partial charge in [-0.1, -0.05) is 30.3 Å². The van der Waals surface area contributed by atoms with Gasteiger partial charge < -0.3 is 9.32 Å². The zero-order chi connectivity index (χ0) is 21.8. The van der Waals surface area contributed by atoms with Gasteiger partial charge in [-0.05, 0) is 38.2 Å². The molecule has 168 valence electrons. The largest absolute Gasteiger partial charge is 0.463 e. The molecule has 2 unspecified atom stereocenters. The number of amides is 1. The van der Waals surface area contributed by atoms with Crippen LogP contribution in [-0.4, -0.2) is 45.4 Å². The summed E-state index contributed by atoms with van der Waals surface area (Å²) >= 11 is 0. The van der Waals surface area contributed by atoms with E-state index in [4.69, 9.17) is 4.42 Å². The highest BCUT2D eigenvalue weighted by atomic mass is 32.2. The number of nitrogens with zero attached hydrogens (tertiary/aromatic N) is 1. The molecule has 4 rings (SSSR count). The van der Waals surface area contributed by atoms with Gasteiger partial charge in [0, 0.05) is 32.2 Å². The third-order valence-corrected chi connectivity index (χ3v) is 7.55. The van der Waals surface area contributed by atoms with Crippen molar-refractivity contribution in [1.29, 1.82) is 0 Å². The molecule has 2 atom stereocenters. The van der Waals surface area contributed by atoms with E-state index in [2.05, 4.69) is 15.6 Å². The summed E-state index contributed by atoms with van der Waals surface area (Å²) in [5.41, 5.74) is 7.29. The summed E-state index contributed by atoms with van der Waals surface area (Å²) in [6.07, 6.45) is 3.56. The van der Waals surface area contributed by atoms with E-state index in [9.17, 15) is 13.2 Å². The van der Waals surface area contributed by atoms with Crippen molar-refractivity contribution in [2.75, 3.05) is 26.2 Å². The van der Waals surface area contributed by atoms with Crippen molar-refractivity contribution >= 4 is 15.9 Å². The number of sulfonamides is 1. The molecule has 1 amide bonds. The smallest absolute Gasteiger partial charge is 0.244 e. The Bertz CT molecular complexity index is 1000. The molecular formula is C22H30N4O4S. The van der Waals surface area contributed by atoms with E-state index in [-0.39, 0.29) is 16.7 Å². The van der Waals surface area contributed by atoms with E-state index in [1.54, 1.807) is 13.0 Å². The molecule has 2 saturated heterocycles. The molecule has 2 aliphatic rings. The summed E-state index contributed by atoms with van der Waals surface area (Å²) < 4.78 is 34.2. The monoisotopic (exact) mass is 446 g/mol. The maximum atomic E-state index is 12.9. The molecule has 1 aromatic carbocycles. The van der Waals surface area contributed by atoms with E-state index in [1.165, 1.54) is 5.56 Å². The van der Waals surface area contributed by atoms with Gasteiger partial charge in [0.2, 0.25) is 15.9 Å². The topological polar surface area (TPSA) is 104 Å². The third-order valence-electron chi connectivity index (χ3n) is 5.98. The van der Waals surface area contributed by atoms with Gasteiger partial charge in [-0.3, -0.25) is 10.2 Å². The Balaban J connectivity index is 1.40. The van der Waals surface area contributed by atoms with Crippen molar-refractivity contribution in [1.82, 2.24) is 20.5 Å². The van der Waals surface area contributed by atoms with Crippen LogP contribution in [0.15, 0.2) is 45.7 Å². The second-order valence-corrected chi connectivity index (χ2v) is 9.93. The van der Waals surface area contributed by atoms with Crippen LogP contribution in [0.4, 0.5) is 0 Å². The molecule has 0 spiro atoms. The minimum atomic E-state index is -3.69. The number of aryl methyl sites for hydroxylation is 2. The first kappa shape index (κ1) is 22.0. The average Bonchev–Trinajstić information content (AvgIpc) is 3.52. The van der Waals surface area contributed by atoms with Gasteiger partial charge in [-0.15, -0.1) is 0 Å². The Morgan fingerprint density at radius 3 is 2.71 bits per heavy atom. The van der Waals surface area contributed by atoms with Crippen molar-refractivity contribution in [3.05, 3.63) is 53.5 Å². The standard InChI is InChI=1S/C22H30N4O4S/c1-16-20(31(28,29)24-11-7-10-17-8-3-2-4-9-17)14-19(30-16)21-18(15-23-25-21)22(27)26-12-5-6-13-26/h2-4,8-9,14,18,21,23-25H,5-7,10-13,15H2,1H3. The lowest BCUT2D eigenvalue weighted by Crippen LogP contribution is -2.37. The summed E-state index contributed by atoms with van der Waals surface area (Å²) in [5.74, 6) is 0.548. The zero-order valence-electron chi connectivity index (χ0n) is 17.8. The summed E-state index contributed by atoms with van der Waals surface area (Å²) in [5, 5.41) is 0. The maximum absolute atomic E-state index is 12.9. The SMILES string of the molecule is Cc1oc(C2NNCC2C(=O)N2CCCC2)cc1S(=O)(=O)NCCCc1ccccc1. The van der Waals surface area contributed by atoms with Gasteiger partial charge in [0.1, 0.15) is 16.4 Å². The number of nitrogens with one attached hydrogen (secondary N) is 3. The Hall–Kier alpha value is -2.20. The second kappa shape index (κ2) is 9.52. The Kier molecular flexibility index (Phi) is 6.76. The number of rotatable bonds is 8. The number of hydrogen-bond acceptors (Lipinski definition) is 6. The summed E-state index contributed by atoms with van der Waals surface area (Å²) in [6, 6.07) is 11.1. The van der Waals surface area contributed by atoms with E-state index in [0.717, 1.165) is 32.4 Å². The first-order valence-corrected chi connectivity index (χ1v) is 12.3. The number of benzene rings is 1. The molecular weight excluding hydrogens is 416 g/mol. The molecule has 0 radical (unpaired) electrons. The summed E-state index contributed by atoms with van der Waals surface area (Å²) in [4.78, 5) is 14.9. The van der Waals surface area contributed by atoms with Crippen LogP contribution in [0.25, 0.3) is 0 Å². The van der Waals surface area contributed by atoms with Crippen molar-refractivity contribution in [3.63, 3.8) is 0 Å². The lowest BCUT2D eigenvalue weighted by Gasteiger charge is -2.22. The fourth-order valence-electron chi connectivity index (χ4n) is 4.30. The first-order valence-electron chi connectivity index (χ1n) is 10.9. The van der Waals surface area contributed by atoms with Gasteiger partial charge in [0.25, 0.3) is 0 Å². The van der Waals surface area contributed by atoms with E-state index in [0.29, 0.717) is 31.0 Å². The van der Waals surface area contributed by atoms with Crippen molar-refractivity contribution in [2.45, 2.75) is 43.5 Å². The molecule has 2 fully saturated rings. The van der Waals surface area contributed by atoms with Crippen LogP contribution in [-0.2, 0) is 21.2 Å². The molecule has 0 bridgehead atoms. The van der Waals surface area contributed by atoms with Crippen LogP contribution in [0.1, 0.15) is 42.4 Å². The summed E-state index contributed by atoms with van der Waals surface area (Å²) in [7, 11) is -3.69. The number of hydrogen-bond donors (Lipinski definition) is 3. The summed E-state index contributed by atoms with van der Waals surface area (Å²) in [6.45, 7) is 4.04. The van der Waals surface area contributed by atoms with Crippen molar-refractivity contribution in [3.8, 4) is 0 Å². The van der Waals surface area contributed by atoms with Gasteiger partial charge in [0.15, 0.2) is 0 Å². The van der Waals surface area contributed by atoms with E-state index >= 15 is 0 Å². The van der Waals surface area contributed by atoms with Gasteiger partial charge in [0.05, 0.1) is 12.0 Å². The maximum Gasteiger partial charge on any atom is 0.244 e. The molecule has 8 nitrogen and oxygen atoms in total. The van der Waals surface area contributed by atoms with Crippen LogP contribution in [0.5, 0.6) is 0 Å². The van der Waals surface area contributed by atoms with Gasteiger partial charge in [-0.25, -0.2) is 18.6 Å². The molecule has 31 heavy (non-hydrogen) atoms. The Labute approximate surface area is 183 Å². The number of likely N-dealkylation sites (tertiary alicyclic amines) is 1. The predicted octanol–water partition coefficient (Wildman–Crippen LogP) is 1.89. The van der Waals surface area contributed by atoms with Crippen LogP contribution >= 0.6 is 0 Å². The van der Waals surface area contributed by atoms with Crippen molar-refractivity contribution in [2.24, 2.45) is 5.92 Å². The minimum Gasteiger partial charge on any atom is -0.463 e. The first-order chi connectivity index (χ1) is 15.0. The lowest BCUT2D eigenvalue weighted by molar-refractivity contribution is -0.134. The normalized spacial score (nSPS) is 21.6. The average molecular weight is 447 g/mol. The van der Waals surface area contributed by atoms with Crippen LogP contribution < -0.4 is 15.6 Å². The van der Waals surface area contributed by atoms with Gasteiger partial charge in [-0.2, -0.15) is 0 Å². The highest BCUT2D eigenvalue weighted by Crippen LogP contribution is 2.32. The molecule has 9 heteroatoms. The highest BCUT2D eigenvalue weighted by molar-refractivity contribution is 7.89. The zero-order valence-corrected chi connectivity index (χ0v) is 18.6. The van der Waals surface area contributed by atoms with Crippen molar-refractivity contribution < 1.29 is 17.6 Å². The molecule has 0 saturated carbocycles. The third kappa shape index (κ3) is 5.01. The predicted molar refractivity (Wildman–Crippen MR) is 117 cm³/mol. The molecule has 3 N–H and O–H groups in total. The number of hydrazine groups is 1. The highest BCUT2D eigenvalue weighted by Gasteiger charge is 2.39. The van der Waals surface area contributed by atoms with Crippen LogP contribution in [0, 0.1) is 12.8 Å². The van der Waals surface area contributed by atoms with E-state index < -0.39 is 16.1 Å². The number of furan rings is 1. The van der Waals surface area contributed by atoms with Gasteiger partial charge >= 0.3 is 0 Å². The Morgan fingerprint density at radius 2 is 1.97 bits per heavy atom. The fourth-order valence-corrected chi connectivity index (χ4v) is 5.56. The Morgan fingerprint density at radius 1 is 1.23 bits per heavy atom. The van der Waals surface area contributed by atoms with E-state index in [1.807, 2.05) is 35.2 Å². The fraction of sp³-hybridized carbons (Fsp3) is 0.500. The second-order valence-electron chi connectivity index (χ2n) is 8.20. The molecule has 1 aromatic heterocycles. The number of carbonyl (C=O) groups is 1. The van der Waals surface area contributed by atoms with Crippen LogP contribution in [0.3, 0.4) is 0 Å². The number of carbonyl (C=O) groups excluding carboxylic acids is 1. The lowest BCUT2D eigenvalue weighted by atomic mass is 9.98. The molecule has 2 aliphatic heterocycles. The minimum absolute atomic E-state index is 0.0810.